The lowest BCUT2D eigenvalue weighted by Gasteiger charge is -2.05. The molecule has 108 valence electrons. The van der Waals surface area contributed by atoms with Crippen molar-refractivity contribution in [1.29, 1.82) is 0 Å². The Kier molecular flexibility index (Phi) is 5.66. The zero-order valence-corrected chi connectivity index (χ0v) is 12.4. The van der Waals surface area contributed by atoms with E-state index in [1.165, 1.54) is 17.7 Å². The van der Waals surface area contributed by atoms with Crippen LogP contribution in [0.4, 0.5) is 0 Å². The fourth-order valence-electron chi connectivity index (χ4n) is 1.31. The summed E-state index contributed by atoms with van der Waals surface area (Å²) in [6.07, 6.45) is 3.74. The lowest BCUT2D eigenvalue weighted by molar-refractivity contribution is -0.885. The van der Waals surface area contributed by atoms with Gasteiger partial charge in [0.05, 0.1) is 4.90 Å². The molecule has 0 amide bonds. The fraction of sp³-hybridized carbons (Fsp3) is 0.214. The molecule has 0 bridgehead atoms. The summed E-state index contributed by atoms with van der Waals surface area (Å²) in [5.74, 6) is 0. The molecule has 2 rings (SSSR count). The maximum atomic E-state index is 10.4. The van der Waals surface area contributed by atoms with Crippen molar-refractivity contribution in [1.82, 2.24) is 0 Å². The van der Waals surface area contributed by atoms with E-state index in [1.54, 1.807) is 24.0 Å². The predicted octanol–water partition coefficient (Wildman–Crippen LogP) is 1.24. The number of hydrogen-bond donors (Lipinski definition) is 0. The zero-order valence-electron chi connectivity index (χ0n) is 11.6. The summed E-state index contributed by atoms with van der Waals surface area (Å²) in [5.41, 5.74) is 2.17. The molecule has 0 saturated heterocycles. The average Bonchev–Trinajstić information content (AvgIpc) is 2.40. The Hall–Kier alpha value is -1.92. The Morgan fingerprint density at radius 3 is 1.80 bits per heavy atom. The molecule has 0 fully saturated rings. The van der Waals surface area contributed by atoms with Gasteiger partial charge < -0.3 is 4.55 Å². The Morgan fingerprint density at radius 2 is 1.40 bits per heavy atom. The summed E-state index contributed by atoms with van der Waals surface area (Å²) in [7, 11) is -2.64. The maximum absolute atomic E-state index is 10.4. The summed E-state index contributed by atoms with van der Waals surface area (Å²) < 4.78 is 32.8. The molecule has 6 heteroatoms. The molecule has 0 saturated carbocycles. The minimum atomic E-state index is -4.27. The normalized spacial score (nSPS) is 10.4. The number of hydrogen-bond acceptors (Lipinski definition) is 4. The summed E-state index contributed by atoms with van der Waals surface area (Å²) in [6, 6.07) is 9.76. The molecule has 0 spiro atoms. The largest absolute Gasteiger partial charge is 0.744 e. The molecule has 0 N–H and O–H groups in total. The third-order valence-corrected chi connectivity index (χ3v) is 3.34. The number of rotatable bonds is 2. The van der Waals surface area contributed by atoms with Crippen LogP contribution in [0.2, 0.25) is 0 Å². The number of nitrogens with zero attached hydrogens (tertiary/aromatic N) is 1. The van der Waals surface area contributed by atoms with Crippen LogP contribution < -0.4 is 9.57 Å². The Balaban J connectivity index is 0.000000204. The van der Waals surface area contributed by atoms with Gasteiger partial charge in [-0.3, -0.25) is 4.84 Å². The van der Waals surface area contributed by atoms with Crippen molar-refractivity contribution in [3.8, 4) is 0 Å². The van der Waals surface area contributed by atoms with Crippen LogP contribution in [0, 0.1) is 13.8 Å². The summed E-state index contributed by atoms with van der Waals surface area (Å²) >= 11 is 0. The van der Waals surface area contributed by atoms with E-state index in [0.717, 1.165) is 5.56 Å². The monoisotopic (exact) mass is 295 g/mol. The fourth-order valence-corrected chi connectivity index (χ4v) is 1.78. The van der Waals surface area contributed by atoms with Gasteiger partial charge in [-0.05, 0) is 31.5 Å². The summed E-state index contributed by atoms with van der Waals surface area (Å²) in [6.45, 7) is 3.86. The first kappa shape index (κ1) is 16.1. The highest BCUT2D eigenvalue weighted by Crippen LogP contribution is 2.08. The molecule has 1 heterocycles. The molecular formula is C14H17NO4S. The Labute approximate surface area is 119 Å². The van der Waals surface area contributed by atoms with E-state index >= 15 is 0 Å². The van der Waals surface area contributed by atoms with E-state index in [0.29, 0.717) is 0 Å². The van der Waals surface area contributed by atoms with E-state index in [2.05, 4.69) is 0 Å². The van der Waals surface area contributed by atoms with Gasteiger partial charge in [-0.1, -0.05) is 17.7 Å². The second-order valence-electron chi connectivity index (χ2n) is 4.19. The first-order valence-corrected chi connectivity index (χ1v) is 7.28. The van der Waals surface area contributed by atoms with Crippen LogP contribution in [0.3, 0.4) is 0 Å². The predicted molar refractivity (Wildman–Crippen MR) is 73.0 cm³/mol. The van der Waals surface area contributed by atoms with Gasteiger partial charge in [0.25, 0.3) is 0 Å². The van der Waals surface area contributed by atoms with Crippen molar-refractivity contribution in [2.24, 2.45) is 0 Å². The van der Waals surface area contributed by atoms with E-state index in [-0.39, 0.29) is 4.90 Å². The van der Waals surface area contributed by atoms with Crippen molar-refractivity contribution in [2.45, 2.75) is 18.7 Å². The summed E-state index contributed by atoms with van der Waals surface area (Å²) in [4.78, 5) is 4.71. The van der Waals surface area contributed by atoms with Gasteiger partial charge in [0.1, 0.15) is 17.2 Å². The number of aromatic nitrogens is 1. The van der Waals surface area contributed by atoms with Crippen LogP contribution >= 0.6 is 0 Å². The zero-order chi connectivity index (χ0) is 15.2. The van der Waals surface area contributed by atoms with Gasteiger partial charge in [-0.15, -0.1) is 0 Å². The highest BCUT2D eigenvalue weighted by atomic mass is 32.2. The topological polar surface area (TPSA) is 70.3 Å². The Morgan fingerprint density at radius 1 is 0.950 bits per heavy atom. The lowest BCUT2D eigenvalue weighted by atomic mass is 10.2. The number of benzene rings is 1. The summed E-state index contributed by atoms with van der Waals surface area (Å²) in [5, 5.41) is 0. The van der Waals surface area contributed by atoms with Crippen LogP contribution in [0.25, 0.3) is 0 Å². The van der Waals surface area contributed by atoms with E-state index in [9.17, 15) is 13.0 Å². The molecule has 1 aromatic carbocycles. The van der Waals surface area contributed by atoms with Crippen molar-refractivity contribution < 1.29 is 22.5 Å². The van der Waals surface area contributed by atoms with E-state index in [1.807, 2.05) is 38.4 Å². The van der Waals surface area contributed by atoms with Gasteiger partial charge >= 0.3 is 0 Å². The highest BCUT2D eigenvalue weighted by molar-refractivity contribution is 7.85. The standard InChI is InChI=1S/C7H10NO.C7H8O3S/c1-7-3-5-8(9-2)6-4-7;1-6-2-4-7(5-3-6)11(8,9)10/h3-6H,1-2H3;2-5H,1H3,(H,8,9,10)/q+1;/p-1. The van der Waals surface area contributed by atoms with Gasteiger partial charge in [0.2, 0.25) is 12.4 Å². The molecule has 0 aliphatic rings. The molecular weight excluding hydrogens is 278 g/mol. The van der Waals surface area contributed by atoms with Crippen molar-refractivity contribution >= 4 is 10.1 Å². The third kappa shape index (κ3) is 5.38. The van der Waals surface area contributed by atoms with E-state index < -0.39 is 10.1 Å². The maximum Gasteiger partial charge on any atom is 0.222 e. The number of aryl methyl sites for hydroxylation is 2. The van der Waals surface area contributed by atoms with Crippen molar-refractivity contribution in [2.75, 3.05) is 7.11 Å². The van der Waals surface area contributed by atoms with Gasteiger partial charge in [-0.2, -0.15) is 0 Å². The minimum absolute atomic E-state index is 0.178. The molecule has 0 unspecified atom stereocenters. The molecule has 20 heavy (non-hydrogen) atoms. The second kappa shape index (κ2) is 7.02. The van der Waals surface area contributed by atoms with Crippen LogP contribution in [0.1, 0.15) is 11.1 Å². The average molecular weight is 295 g/mol. The quantitative estimate of drug-likeness (QED) is 0.617. The first-order valence-electron chi connectivity index (χ1n) is 5.88. The van der Waals surface area contributed by atoms with Crippen LogP contribution in [0.5, 0.6) is 0 Å². The first-order chi connectivity index (χ1) is 9.32. The SMILES string of the molecule is CO[n+]1ccc(C)cc1.Cc1ccc(S(=O)(=O)[O-])cc1. The van der Waals surface area contributed by atoms with Gasteiger partial charge in [0, 0.05) is 16.9 Å². The van der Waals surface area contributed by atoms with Crippen LogP contribution in [0.15, 0.2) is 53.7 Å². The Bertz CT molecular complexity index is 634. The highest BCUT2D eigenvalue weighted by Gasteiger charge is 1.97. The van der Waals surface area contributed by atoms with Crippen molar-refractivity contribution in [3.63, 3.8) is 0 Å². The molecule has 0 aliphatic carbocycles. The van der Waals surface area contributed by atoms with E-state index in [4.69, 9.17) is 4.84 Å². The van der Waals surface area contributed by atoms with Gasteiger partial charge in [0.15, 0.2) is 0 Å². The van der Waals surface area contributed by atoms with Crippen LogP contribution in [-0.4, -0.2) is 20.1 Å². The second-order valence-corrected chi connectivity index (χ2v) is 5.56. The molecule has 0 radical (unpaired) electrons. The van der Waals surface area contributed by atoms with Gasteiger partial charge in [-0.25, -0.2) is 8.42 Å². The smallest absolute Gasteiger partial charge is 0.222 e. The molecule has 5 nitrogen and oxygen atoms in total. The van der Waals surface area contributed by atoms with Crippen molar-refractivity contribution in [3.05, 3.63) is 59.9 Å². The molecule has 2 aromatic rings. The molecule has 1 aromatic heterocycles. The lowest BCUT2D eigenvalue weighted by Crippen LogP contribution is -2.39. The number of pyridine rings is 1. The molecule has 0 atom stereocenters. The minimum Gasteiger partial charge on any atom is -0.744 e. The van der Waals surface area contributed by atoms with Crippen LogP contribution in [-0.2, 0) is 10.1 Å². The molecule has 0 aliphatic heterocycles. The third-order valence-electron chi connectivity index (χ3n) is 2.49.